The van der Waals surface area contributed by atoms with Gasteiger partial charge in [-0.2, -0.15) is 10.1 Å². The predicted octanol–water partition coefficient (Wildman–Crippen LogP) is 0.665. The minimum absolute atomic E-state index is 0.0890. The van der Waals surface area contributed by atoms with Crippen LogP contribution in [-0.2, 0) is 11.3 Å². The molecule has 1 unspecified atom stereocenters. The zero-order chi connectivity index (χ0) is 16.4. The molecule has 3 rings (SSSR count). The zero-order valence-electron chi connectivity index (χ0n) is 12.4. The van der Waals surface area contributed by atoms with Crippen LogP contribution in [0.3, 0.4) is 0 Å². The average Bonchev–Trinajstić information content (AvgIpc) is 3.18. The van der Waals surface area contributed by atoms with E-state index in [0.717, 1.165) is 4.90 Å². The lowest BCUT2D eigenvalue weighted by molar-refractivity contribution is -0.126. The van der Waals surface area contributed by atoms with E-state index in [0.29, 0.717) is 18.0 Å². The number of aryl methyl sites for hydroxylation is 1. The Kier molecular flexibility index (Phi) is 4.28. The number of rotatable bonds is 5. The van der Waals surface area contributed by atoms with Gasteiger partial charge in [-0.3, -0.25) is 19.2 Å². The highest BCUT2D eigenvalue weighted by atomic mass is 32.2. The first kappa shape index (κ1) is 15.5. The van der Waals surface area contributed by atoms with Crippen molar-refractivity contribution in [3.63, 3.8) is 0 Å². The molecule has 0 aliphatic carbocycles. The van der Waals surface area contributed by atoms with Crippen molar-refractivity contribution in [2.24, 2.45) is 4.99 Å². The van der Waals surface area contributed by atoms with Gasteiger partial charge in [-0.25, -0.2) is 4.79 Å². The number of hydrogen-bond donors (Lipinski definition) is 1. The summed E-state index contributed by atoms with van der Waals surface area (Å²) in [5.41, 5.74) is 0.800. The molecule has 0 saturated carbocycles. The summed E-state index contributed by atoms with van der Waals surface area (Å²) in [5, 5.41) is 8.06. The number of carbonyl (C=O) groups excluding carboxylic acids is 3. The number of thioether (sulfide) groups is 1. The Morgan fingerprint density at radius 3 is 3.00 bits per heavy atom. The summed E-state index contributed by atoms with van der Waals surface area (Å²) < 4.78 is 1.65. The van der Waals surface area contributed by atoms with Gasteiger partial charge in [0, 0.05) is 25.8 Å². The fourth-order valence-electron chi connectivity index (χ4n) is 2.27. The number of urea groups is 1. The van der Waals surface area contributed by atoms with Crippen molar-refractivity contribution in [1.82, 2.24) is 20.0 Å². The molecular formula is C14H15N5O3S. The molecule has 0 bridgehead atoms. The van der Waals surface area contributed by atoms with E-state index in [1.54, 1.807) is 28.4 Å². The number of carbonyl (C=O) groups is 3. The molecule has 2 aliphatic heterocycles. The van der Waals surface area contributed by atoms with E-state index in [1.807, 2.05) is 6.92 Å². The van der Waals surface area contributed by atoms with E-state index < -0.39 is 11.3 Å². The molecule has 1 N–H and O–H groups in total. The van der Waals surface area contributed by atoms with E-state index in [1.165, 1.54) is 11.8 Å². The maximum absolute atomic E-state index is 12.2. The molecule has 4 amide bonds. The van der Waals surface area contributed by atoms with Crippen molar-refractivity contribution in [3.8, 4) is 0 Å². The van der Waals surface area contributed by atoms with E-state index in [9.17, 15) is 14.4 Å². The summed E-state index contributed by atoms with van der Waals surface area (Å²) >= 11 is 1.33. The van der Waals surface area contributed by atoms with Crippen LogP contribution in [0.15, 0.2) is 28.7 Å². The van der Waals surface area contributed by atoms with Gasteiger partial charge in [0.25, 0.3) is 5.91 Å². The van der Waals surface area contributed by atoms with Crippen LogP contribution in [0.5, 0.6) is 0 Å². The maximum Gasteiger partial charge on any atom is 0.350 e. The van der Waals surface area contributed by atoms with Gasteiger partial charge in [-0.05, 0) is 24.5 Å². The Labute approximate surface area is 136 Å². The Bertz CT molecular complexity index is 724. The van der Waals surface area contributed by atoms with Gasteiger partial charge in [0.15, 0.2) is 0 Å². The smallest absolute Gasteiger partial charge is 0.349 e. The van der Waals surface area contributed by atoms with E-state index >= 15 is 0 Å². The van der Waals surface area contributed by atoms with Crippen LogP contribution >= 0.6 is 11.8 Å². The number of aliphatic imine (C=N–C) groups is 1. The highest BCUT2D eigenvalue weighted by Crippen LogP contribution is 2.27. The normalized spacial score (nSPS) is 19.8. The first-order chi connectivity index (χ1) is 11.1. The summed E-state index contributed by atoms with van der Waals surface area (Å²) in [4.78, 5) is 41.0. The number of amides is 4. The fraction of sp³-hybridized carbons (Fsp3) is 0.357. The van der Waals surface area contributed by atoms with Crippen LogP contribution in [0, 0.1) is 0 Å². The number of aromatic nitrogens is 2. The second-order valence-electron chi connectivity index (χ2n) is 4.94. The Hall–Kier alpha value is -2.42. The number of fused-ring (bicyclic) bond motifs is 1. The van der Waals surface area contributed by atoms with Crippen LogP contribution in [0.2, 0.25) is 0 Å². The van der Waals surface area contributed by atoms with Crippen molar-refractivity contribution < 1.29 is 14.4 Å². The third-order valence-electron chi connectivity index (χ3n) is 3.49. The highest BCUT2D eigenvalue weighted by Gasteiger charge is 2.38. The van der Waals surface area contributed by atoms with Crippen molar-refractivity contribution in [1.29, 1.82) is 0 Å². The van der Waals surface area contributed by atoms with E-state index in [4.69, 9.17) is 0 Å². The summed E-state index contributed by atoms with van der Waals surface area (Å²) in [5.74, 6) is -0.630. The largest absolute Gasteiger partial charge is 0.350 e. The van der Waals surface area contributed by atoms with Gasteiger partial charge in [0.05, 0.1) is 5.71 Å². The summed E-state index contributed by atoms with van der Waals surface area (Å²) in [6.07, 6.45) is 3.39. The monoisotopic (exact) mass is 333 g/mol. The van der Waals surface area contributed by atoms with Gasteiger partial charge in [0.2, 0.25) is 5.91 Å². The zero-order valence-corrected chi connectivity index (χ0v) is 13.2. The summed E-state index contributed by atoms with van der Waals surface area (Å²) in [6.45, 7) is 2.85. The van der Waals surface area contributed by atoms with Gasteiger partial charge < -0.3 is 5.32 Å². The first-order valence-electron chi connectivity index (χ1n) is 7.17. The van der Waals surface area contributed by atoms with Crippen molar-refractivity contribution in [2.75, 3.05) is 13.1 Å². The molecule has 1 aromatic rings. The van der Waals surface area contributed by atoms with Crippen LogP contribution in [0.25, 0.3) is 0 Å². The lowest BCUT2D eigenvalue weighted by atomic mass is 10.2. The van der Waals surface area contributed by atoms with Crippen molar-refractivity contribution >= 4 is 35.3 Å². The molecule has 3 heterocycles. The quantitative estimate of drug-likeness (QED) is 0.854. The standard InChI is InChI=1S/C14H15N5O3S/c1-2-18-6-3-10(17-18)12(20)15-5-7-19-13(21)11-9(4-8-23-11)16-14(19)22/h3-4,6,8,11H,2,5,7H2,1H3,(H,15,20). The number of nitrogens with one attached hydrogen (secondary N) is 1. The van der Waals surface area contributed by atoms with Crippen LogP contribution < -0.4 is 5.32 Å². The van der Waals surface area contributed by atoms with Crippen molar-refractivity contribution in [3.05, 3.63) is 29.4 Å². The molecule has 0 spiro atoms. The molecule has 120 valence electrons. The van der Waals surface area contributed by atoms with Crippen LogP contribution in [0.4, 0.5) is 4.79 Å². The second-order valence-corrected chi connectivity index (χ2v) is 5.96. The summed E-state index contributed by atoms with van der Waals surface area (Å²) in [6, 6.07) is 1.03. The average molecular weight is 333 g/mol. The molecule has 1 atom stereocenters. The Morgan fingerprint density at radius 2 is 2.26 bits per heavy atom. The topological polar surface area (TPSA) is 96.7 Å². The predicted molar refractivity (Wildman–Crippen MR) is 85.3 cm³/mol. The molecule has 0 radical (unpaired) electrons. The number of allylic oxidation sites excluding steroid dienone is 1. The Morgan fingerprint density at radius 1 is 1.43 bits per heavy atom. The maximum atomic E-state index is 12.2. The minimum Gasteiger partial charge on any atom is -0.349 e. The molecule has 2 aliphatic rings. The second kappa shape index (κ2) is 6.37. The minimum atomic E-state index is -0.585. The molecule has 0 aromatic carbocycles. The van der Waals surface area contributed by atoms with Crippen molar-refractivity contribution in [2.45, 2.75) is 18.7 Å². The molecule has 0 saturated heterocycles. The summed E-state index contributed by atoms with van der Waals surface area (Å²) in [7, 11) is 0. The molecule has 8 nitrogen and oxygen atoms in total. The van der Waals surface area contributed by atoms with Gasteiger partial charge in [-0.1, -0.05) is 0 Å². The molecular weight excluding hydrogens is 318 g/mol. The fourth-order valence-corrected chi connectivity index (χ4v) is 3.16. The Balaban J connectivity index is 1.55. The third-order valence-corrected chi connectivity index (χ3v) is 4.49. The van der Waals surface area contributed by atoms with E-state index in [2.05, 4.69) is 15.4 Å². The van der Waals surface area contributed by atoms with Gasteiger partial charge in [0.1, 0.15) is 10.9 Å². The lowest BCUT2D eigenvalue weighted by Crippen LogP contribution is -2.49. The van der Waals surface area contributed by atoms with Crippen LogP contribution in [-0.4, -0.2) is 56.6 Å². The number of hydrogen-bond acceptors (Lipinski definition) is 5. The lowest BCUT2D eigenvalue weighted by Gasteiger charge is -2.25. The molecule has 0 fully saturated rings. The van der Waals surface area contributed by atoms with Gasteiger partial charge >= 0.3 is 6.03 Å². The molecule has 1 aromatic heterocycles. The first-order valence-corrected chi connectivity index (χ1v) is 8.12. The third kappa shape index (κ3) is 3.04. The molecule has 9 heteroatoms. The van der Waals surface area contributed by atoms with Crippen LogP contribution in [0.1, 0.15) is 17.4 Å². The number of imide groups is 1. The van der Waals surface area contributed by atoms with E-state index in [-0.39, 0.29) is 24.9 Å². The SMILES string of the molecule is CCn1ccc(C(=O)NCCN2C(=O)N=C3C=CSC3C2=O)n1. The van der Waals surface area contributed by atoms with Gasteiger partial charge in [-0.15, -0.1) is 11.8 Å². The molecule has 23 heavy (non-hydrogen) atoms. The highest BCUT2D eigenvalue weighted by molar-refractivity contribution is 8.04. The number of nitrogens with zero attached hydrogens (tertiary/aromatic N) is 4.